The van der Waals surface area contributed by atoms with Crippen LogP contribution in [0.3, 0.4) is 0 Å². The zero-order chi connectivity index (χ0) is 21.6. The van der Waals surface area contributed by atoms with E-state index >= 15 is 0 Å². The molecule has 0 spiro atoms. The van der Waals surface area contributed by atoms with Crippen molar-refractivity contribution in [3.05, 3.63) is 78.4 Å². The number of fused-ring (bicyclic) bond motifs is 1. The molecule has 1 aromatic heterocycles. The second-order valence-corrected chi connectivity index (χ2v) is 7.94. The van der Waals surface area contributed by atoms with Crippen LogP contribution in [0.1, 0.15) is 19.4 Å². The molecule has 0 atom stereocenters. The van der Waals surface area contributed by atoms with E-state index < -0.39 is 0 Å². The summed E-state index contributed by atoms with van der Waals surface area (Å²) in [6.45, 7) is 4.65. The van der Waals surface area contributed by atoms with Gasteiger partial charge >= 0.3 is 0 Å². The Labute approximate surface area is 185 Å². The molecule has 0 aliphatic rings. The molecule has 0 saturated heterocycles. The molecule has 31 heavy (non-hydrogen) atoms. The topological polar surface area (TPSA) is 72.2 Å². The molecule has 4 aromatic rings. The number of hydrazone groups is 1. The first-order valence-electron chi connectivity index (χ1n) is 10.1. The van der Waals surface area contributed by atoms with Gasteiger partial charge < -0.3 is 4.57 Å². The Morgan fingerprint density at radius 3 is 2.52 bits per heavy atom. The van der Waals surface area contributed by atoms with Gasteiger partial charge in [-0.3, -0.25) is 4.79 Å². The first-order chi connectivity index (χ1) is 15.2. The van der Waals surface area contributed by atoms with Gasteiger partial charge in [0.15, 0.2) is 11.0 Å². The van der Waals surface area contributed by atoms with Crippen molar-refractivity contribution in [2.24, 2.45) is 5.10 Å². The molecule has 156 valence electrons. The molecule has 4 rings (SSSR count). The average Bonchev–Trinajstić information content (AvgIpc) is 3.24. The SMILES string of the molecule is CCn1c(SCC(=O)N/N=C(\C)c2ccc3ccccc3c2)nnc1-c1ccccc1. The predicted molar refractivity (Wildman–Crippen MR) is 126 cm³/mol. The minimum Gasteiger partial charge on any atom is -0.302 e. The number of hydrogen-bond acceptors (Lipinski definition) is 5. The van der Waals surface area contributed by atoms with Crippen LogP contribution >= 0.6 is 11.8 Å². The molecule has 1 amide bonds. The molecular formula is C24H23N5OS. The molecule has 1 N–H and O–H groups in total. The smallest absolute Gasteiger partial charge is 0.250 e. The highest BCUT2D eigenvalue weighted by molar-refractivity contribution is 7.99. The highest BCUT2D eigenvalue weighted by Crippen LogP contribution is 2.23. The Hall–Kier alpha value is -3.45. The van der Waals surface area contributed by atoms with Crippen molar-refractivity contribution in [3.8, 4) is 11.4 Å². The molecule has 7 heteroatoms. The normalized spacial score (nSPS) is 11.6. The maximum atomic E-state index is 12.3. The van der Waals surface area contributed by atoms with E-state index in [9.17, 15) is 4.79 Å². The second-order valence-electron chi connectivity index (χ2n) is 7.00. The van der Waals surface area contributed by atoms with Crippen LogP contribution < -0.4 is 5.43 Å². The quantitative estimate of drug-likeness (QED) is 0.261. The molecule has 1 heterocycles. The number of hydrogen-bond donors (Lipinski definition) is 1. The monoisotopic (exact) mass is 429 g/mol. The molecule has 0 aliphatic heterocycles. The predicted octanol–water partition coefficient (Wildman–Crippen LogP) is 4.75. The van der Waals surface area contributed by atoms with Crippen molar-refractivity contribution in [1.82, 2.24) is 20.2 Å². The number of amides is 1. The largest absolute Gasteiger partial charge is 0.302 e. The lowest BCUT2D eigenvalue weighted by molar-refractivity contribution is -0.118. The Balaban J connectivity index is 1.39. The Kier molecular flexibility index (Phi) is 6.43. The third-order valence-electron chi connectivity index (χ3n) is 4.91. The molecule has 6 nitrogen and oxygen atoms in total. The molecule has 0 unspecified atom stereocenters. The lowest BCUT2D eigenvalue weighted by Gasteiger charge is -2.07. The summed E-state index contributed by atoms with van der Waals surface area (Å²) in [6, 6.07) is 24.2. The molecule has 3 aromatic carbocycles. The van der Waals surface area contributed by atoms with Crippen LogP contribution in [0.5, 0.6) is 0 Å². The van der Waals surface area contributed by atoms with Gasteiger partial charge in [0.05, 0.1) is 11.5 Å². The van der Waals surface area contributed by atoms with Crippen LogP contribution in [0.25, 0.3) is 22.2 Å². The molecule has 0 radical (unpaired) electrons. The van der Waals surface area contributed by atoms with Crippen LogP contribution in [0.15, 0.2) is 83.1 Å². The van der Waals surface area contributed by atoms with Crippen LogP contribution in [-0.4, -0.2) is 32.1 Å². The zero-order valence-corrected chi connectivity index (χ0v) is 18.3. The number of nitrogens with one attached hydrogen (secondary N) is 1. The number of thioether (sulfide) groups is 1. The maximum absolute atomic E-state index is 12.3. The number of nitrogens with zero attached hydrogens (tertiary/aromatic N) is 4. The van der Waals surface area contributed by atoms with Crippen molar-refractivity contribution < 1.29 is 4.79 Å². The lowest BCUT2D eigenvalue weighted by atomic mass is 10.0. The maximum Gasteiger partial charge on any atom is 0.250 e. The Morgan fingerprint density at radius 2 is 1.74 bits per heavy atom. The fourth-order valence-corrected chi connectivity index (χ4v) is 4.06. The number of carbonyl (C=O) groups is 1. The minimum absolute atomic E-state index is 0.183. The van der Waals surface area contributed by atoms with Crippen LogP contribution in [0, 0.1) is 0 Å². The van der Waals surface area contributed by atoms with Gasteiger partial charge in [0, 0.05) is 12.1 Å². The second kappa shape index (κ2) is 9.57. The van der Waals surface area contributed by atoms with Gasteiger partial charge in [-0.1, -0.05) is 78.5 Å². The van der Waals surface area contributed by atoms with Gasteiger partial charge in [-0.05, 0) is 36.2 Å². The van der Waals surface area contributed by atoms with E-state index in [4.69, 9.17) is 0 Å². The molecule has 0 aliphatic carbocycles. The van der Waals surface area contributed by atoms with E-state index in [2.05, 4.69) is 45.0 Å². The molecule has 0 fully saturated rings. The number of carbonyl (C=O) groups excluding carboxylic acids is 1. The van der Waals surface area contributed by atoms with Gasteiger partial charge in [-0.25, -0.2) is 5.43 Å². The van der Waals surface area contributed by atoms with Crippen molar-refractivity contribution in [3.63, 3.8) is 0 Å². The van der Waals surface area contributed by atoms with E-state index in [0.29, 0.717) is 5.16 Å². The van der Waals surface area contributed by atoms with Crippen LogP contribution in [-0.2, 0) is 11.3 Å². The van der Waals surface area contributed by atoms with E-state index in [1.807, 2.05) is 66.9 Å². The highest BCUT2D eigenvalue weighted by atomic mass is 32.2. The fraction of sp³-hybridized carbons (Fsp3) is 0.167. The van der Waals surface area contributed by atoms with Gasteiger partial charge in [-0.15, -0.1) is 10.2 Å². The first kappa shape index (κ1) is 20.8. The summed E-state index contributed by atoms with van der Waals surface area (Å²) < 4.78 is 2.01. The van der Waals surface area contributed by atoms with E-state index in [0.717, 1.165) is 34.6 Å². The molecule has 0 bridgehead atoms. The number of rotatable bonds is 7. The van der Waals surface area contributed by atoms with E-state index in [1.165, 1.54) is 17.1 Å². The van der Waals surface area contributed by atoms with Crippen molar-refractivity contribution in [2.75, 3.05) is 5.75 Å². The summed E-state index contributed by atoms with van der Waals surface area (Å²) in [4.78, 5) is 12.3. The third-order valence-corrected chi connectivity index (χ3v) is 5.88. The highest BCUT2D eigenvalue weighted by Gasteiger charge is 2.14. The van der Waals surface area contributed by atoms with Crippen molar-refractivity contribution in [1.29, 1.82) is 0 Å². The Morgan fingerprint density at radius 1 is 1.00 bits per heavy atom. The van der Waals surface area contributed by atoms with Gasteiger partial charge in [0.2, 0.25) is 0 Å². The standard InChI is InChI=1S/C24H23N5OS/c1-3-29-23(19-10-5-4-6-11-19)27-28-24(29)31-16-22(30)26-25-17(2)20-14-13-18-9-7-8-12-21(18)15-20/h4-15H,3,16H2,1-2H3,(H,26,30)/b25-17+. The summed E-state index contributed by atoms with van der Waals surface area (Å²) in [5.41, 5.74) is 5.38. The molecular weight excluding hydrogens is 406 g/mol. The van der Waals surface area contributed by atoms with Gasteiger partial charge in [0.1, 0.15) is 0 Å². The van der Waals surface area contributed by atoms with Crippen molar-refractivity contribution >= 4 is 34.2 Å². The summed E-state index contributed by atoms with van der Waals surface area (Å²) in [5.74, 6) is 0.828. The summed E-state index contributed by atoms with van der Waals surface area (Å²) in [7, 11) is 0. The molecule has 0 saturated carbocycles. The summed E-state index contributed by atoms with van der Waals surface area (Å²) in [6.07, 6.45) is 0. The van der Waals surface area contributed by atoms with E-state index in [1.54, 1.807) is 0 Å². The van der Waals surface area contributed by atoms with Crippen LogP contribution in [0.4, 0.5) is 0 Å². The van der Waals surface area contributed by atoms with Gasteiger partial charge in [0.25, 0.3) is 5.91 Å². The minimum atomic E-state index is -0.183. The Bertz CT molecular complexity index is 1230. The third kappa shape index (κ3) is 4.83. The van der Waals surface area contributed by atoms with Gasteiger partial charge in [-0.2, -0.15) is 5.10 Å². The first-order valence-corrected chi connectivity index (χ1v) is 11.1. The number of aromatic nitrogens is 3. The lowest BCUT2D eigenvalue weighted by Crippen LogP contribution is -2.21. The fourth-order valence-electron chi connectivity index (χ4n) is 3.27. The van der Waals surface area contributed by atoms with Crippen molar-refractivity contribution in [2.45, 2.75) is 25.5 Å². The number of benzene rings is 3. The zero-order valence-electron chi connectivity index (χ0n) is 17.4. The summed E-state index contributed by atoms with van der Waals surface area (Å²) >= 11 is 1.35. The average molecular weight is 430 g/mol. The van der Waals surface area contributed by atoms with E-state index in [-0.39, 0.29) is 11.7 Å². The summed E-state index contributed by atoms with van der Waals surface area (Å²) in [5, 5.41) is 15.9. The van der Waals surface area contributed by atoms with Crippen LogP contribution in [0.2, 0.25) is 0 Å².